The van der Waals surface area contributed by atoms with E-state index < -0.39 is 50.5 Å². The van der Waals surface area contributed by atoms with Gasteiger partial charge in [0.1, 0.15) is 0 Å². The minimum absolute atomic E-state index is 0.0195. The van der Waals surface area contributed by atoms with E-state index in [0.29, 0.717) is 0 Å². The zero-order chi connectivity index (χ0) is 26.3. The van der Waals surface area contributed by atoms with Crippen molar-refractivity contribution in [3.05, 3.63) is 41.6 Å². The Balaban J connectivity index is 2.46. The van der Waals surface area contributed by atoms with E-state index in [9.17, 15) is 13.2 Å². The summed E-state index contributed by atoms with van der Waals surface area (Å²) in [5.41, 5.74) is 9.72. The number of nitrogens with zero attached hydrogens (tertiary/aromatic N) is 1. The van der Waals surface area contributed by atoms with Crippen LogP contribution in [-0.2, 0) is 10.0 Å². The molecular formula is C27H41Ge2NO3SSi. The molecule has 1 aliphatic heterocycles. The van der Waals surface area contributed by atoms with Crippen molar-refractivity contribution in [1.29, 1.82) is 0 Å². The van der Waals surface area contributed by atoms with Gasteiger partial charge in [0.15, 0.2) is 0 Å². The van der Waals surface area contributed by atoms with Crippen LogP contribution in [0.4, 0.5) is 0 Å². The first-order chi connectivity index (χ1) is 16.5. The molecule has 2 rings (SSSR count). The van der Waals surface area contributed by atoms with Gasteiger partial charge >= 0.3 is 221 Å². The van der Waals surface area contributed by atoms with Gasteiger partial charge in [-0.05, 0) is 0 Å². The van der Waals surface area contributed by atoms with Crippen LogP contribution in [0.15, 0.2) is 40.9 Å². The second-order valence-corrected chi connectivity index (χ2v) is 35.4. The summed E-state index contributed by atoms with van der Waals surface area (Å²) in [4.78, 5) is 12.9. The van der Waals surface area contributed by atoms with Crippen LogP contribution < -0.4 is 0 Å². The third-order valence-corrected chi connectivity index (χ3v) is 32.7. The number of rotatable bonds is 9. The van der Waals surface area contributed by atoms with Gasteiger partial charge in [0, 0.05) is 0 Å². The molecule has 0 aliphatic carbocycles. The molecule has 190 valence electrons. The molecular weight excluding hydrogens is 592 g/mol. The number of hydrogen-bond acceptors (Lipinski definition) is 3. The van der Waals surface area contributed by atoms with E-state index in [-0.39, 0.29) is 17.0 Å². The fraction of sp³-hybridized carbons (Fsp3) is 0.519. The Morgan fingerprint density at radius 3 is 1.74 bits per heavy atom. The summed E-state index contributed by atoms with van der Waals surface area (Å²) in [6.45, 7) is 15.8. The van der Waals surface area contributed by atoms with Crippen molar-refractivity contribution in [1.82, 2.24) is 4.31 Å². The van der Waals surface area contributed by atoms with E-state index in [1.165, 1.54) is 37.6 Å². The van der Waals surface area contributed by atoms with E-state index in [1.54, 1.807) is 18.2 Å². The van der Waals surface area contributed by atoms with E-state index in [1.807, 2.05) is 6.08 Å². The Bertz CT molecular complexity index is 1130. The first-order valence-corrected chi connectivity index (χ1v) is 28.0. The molecule has 35 heavy (non-hydrogen) atoms. The molecule has 0 bridgehead atoms. The predicted octanol–water partition coefficient (Wildman–Crippen LogP) is 6.19. The molecule has 0 saturated carbocycles. The van der Waals surface area contributed by atoms with Crippen molar-refractivity contribution in [3.63, 3.8) is 0 Å². The van der Waals surface area contributed by atoms with Gasteiger partial charge in [-0.2, -0.15) is 0 Å². The molecule has 1 aromatic rings. The fourth-order valence-electron chi connectivity index (χ4n) is 4.47. The normalized spacial score (nSPS) is 15.4. The van der Waals surface area contributed by atoms with Gasteiger partial charge in [0.2, 0.25) is 0 Å². The summed E-state index contributed by atoms with van der Waals surface area (Å²) in [5, 5.41) is 7.09. The third-order valence-electron chi connectivity index (χ3n) is 7.87. The zero-order valence-corrected chi connectivity index (χ0v) is 28.5. The molecule has 0 saturated heterocycles. The molecule has 0 N–H and O–H groups in total. The van der Waals surface area contributed by atoms with Crippen molar-refractivity contribution in [2.24, 2.45) is 0 Å². The molecule has 4 nitrogen and oxygen atoms in total. The van der Waals surface area contributed by atoms with Gasteiger partial charge in [0.05, 0.1) is 0 Å². The van der Waals surface area contributed by atoms with Crippen LogP contribution >= 0.6 is 0 Å². The van der Waals surface area contributed by atoms with Crippen LogP contribution in [0.3, 0.4) is 0 Å². The minimum atomic E-state index is -3.81. The number of amides is 1. The molecule has 0 unspecified atom stereocenters. The Morgan fingerprint density at radius 2 is 1.31 bits per heavy atom. The first-order valence-electron chi connectivity index (χ1n) is 12.9. The summed E-state index contributed by atoms with van der Waals surface area (Å²) in [6.07, 6.45) is 1.83. The molecule has 1 amide bonds. The van der Waals surface area contributed by atoms with Crippen LogP contribution in [0, 0.1) is 20.6 Å². The Labute approximate surface area is 220 Å². The zero-order valence-electron chi connectivity index (χ0n) is 22.5. The topological polar surface area (TPSA) is 54.5 Å². The van der Waals surface area contributed by atoms with E-state index >= 15 is 0 Å². The summed E-state index contributed by atoms with van der Waals surface area (Å²) >= 11 is -4.42. The van der Waals surface area contributed by atoms with Crippen LogP contribution in [0.2, 0.25) is 38.1 Å². The molecule has 1 heterocycles. The number of carbonyl (C=O) groups is 1. The summed E-state index contributed by atoms with van der Waals surface area (Å²) in [6, 6.07) is 6.42. The average Bonchev–Trinajstić information content (AvgIpc) is 3.07. The van der Waals surface area contributed by atoms with Gasteiger partial charge in [0.25, 0.3) is 0 Å². The number of benzene rings is 1. The van der Waals surface area contributed by atoms with E-state index in [4.69, 9.17) is 0 Å². The molecule has 0 radical (unpaired) electrons. The standard InChI is InChI=1S/C27H41Ge2NO3SSi/c1-8-28(9-2,10-3)19-23-35(7,24-20-29(11-4,12-5)13-6)22-16-21-30-27(31)25-17-14-15-18-26(25)34(30,32)33/h14-18,22H,8-13,21H2,1-7H3/b22-16+. The Hall–Kier alpha value is -1.20. The van der Waals surface area contributed by atoms with Crippen LogP contribution in [0.5, 0.6) is 0 Å². The van der Waals surface area contributed by atoms with E-state index in [0.717, 1.165) is 4.31 Å². The van der Waals surface area contributed by atoms with Crippen LogP contribution in [0.1, 0.15) is 51.9 Å². The van der Waals surface area contributed by atoms with Gasteiger partial charge < -0.3 is 0 Å². The van der Waals surface area contributed by atoms with Crippen molar-refractivity contribution < 1.29 is 13.2 Å². The number of fused-ring (bicyclic) bond motifs is 1. The summed E-state index contributed by atoms with van der Waals surface area (Å²) in [5.74, 6) is -0.459. The molecule has 1 aromatic carbocycles. The van der Waals surface area contributed by atoms with Gasteiger partial charge in [-0.1, -0.05) is 0 Å². The number of hydrogen-bond donors (Lipinski definition) is 0. The summed E-state index contributed by atoms with van der Waals surface area (Å²) < 4.78 is 34.4. The van der Waals surface area contributed by atoms with Crippen molar-refractivity contribution >= 4 is 50.5 Å². The Kier molecular flexibility index (Phi) is 10.6. The molecule has 0 atom stereocenters. The van der Waals surface area contributed by atoms with Crippen molar-refractivity contribution in [3.8, 4) is 20.6 Å². The third kappa shape index (κ3) is 6.57. The average molecular weight is 633 g/mol. The second kappa shape index (κ2) is 12.4. The van der Waals surface area contributed by atoms with Crippen molar-refractivity contribution in [2.45, 2.75) is 84.5 Å². The molecule has 0 spiro atoms. The molecule has 0 aromatic heterocycles. The SMILES string of the molecule is C[CH2][Ge]([C]#C[Si](C)(C#[C][Ge]([CH2]C)([CH2]C)[CH2]C)/C=C/CN1C(=O)c2ccccc2S1(=O)=O)([CH2]C)[CH2]C. The van der Waals surface area contributed by atoms with Crippen molar-refractivity contribution in [2.75, 3.05) is 6.54 Å². The van der Waals surface area contributed by atoms with Gasteiger partial charge in [-0.3, -0.25) is 0 Å². The molecule has 8 heteroatoms. The maximum atomic E-state index is 12.9. The Morgan fingerprint density at radius 1 is 0.857 bits per heavy atom. The fourth-order valence-corrected chi connectivity index (χ4v) is 23.0. The number of sulfonamides is 1. The van der Waals surface area contributed by atoms with E-state index in [2.05, 4.69) is 74.4 Å². The first kappa shape index (κ1) is 30.0. The number of carbonyl (C=O) groups excluding carboxylic acids is 1. The molecule has 0 fully saturated rings. The quantitative estimate of drug-likeness (QED) is 0.241. The van der Waals surface area contributed by atoms with Gasteiger partial charge in [-0.25, -0.2) is 0 Å². The predicted molar refractivity (Wildman–Crippen MR) is 155 cm³/mol. The maximum absolute atomic E-state index is 12.9. The monoisotopic (exact) mass is 635 g/mol. The molecule has 1 aliphatic rings. The van der Waals surface area contributed by atoms with Gasteiger partial charge in [-0.15, -0.1) is 0 Å². The van der Waals surface area contributed by atoms with Crippen LogP contribution in [0.25, 0.3) is 0 Å². The second-order valence-electron chi connectivity index (χ2n) is 9.62. The summed E-state index contributed by atoms with van der Waals surface area (Å²) in [7, 11) is -6.24. The van der Waals surface area contributed by atoms with Crippen LogP contribution in [-0.4, -0.2) is 59.8 Å².